The van der Waals surface area contributed by atoms with Crippen LogP contribution < -0.4 is 20.1 Å². The van der Waals surface area contributed by atoms with Crippen LogP contribution in [0.4, 0.5) is 0 Å². The Morgan fingerprint density at radius 3 is 2.09 bits per heavy atom. The van der Waals surface area contributed by atoms with E-state index in [2.05, 4.69) is 10.6 Å². The van der Waals surface area contributed by atoms with Crippen LogP contribution in [0.3, 0.4) is 0 Å². The van der Waals surface area contributed by atoms with Crippen LogP contribution in [0, 0.1) is 5.92 Å². The number of carboxylic acids is 2. The third-order valence-electron chi connectivity index (χ3n) is 4.99. The molecule has 4 N–H and O–H groups in total. The second-order valence-corrected chi connectivity index (χ2v) is 9.17. The summed E-state index contributed by atoms with van der Waals surface area (Å²) in [6.07, 6.45) is -0.954. The molecule has 0 heterocycles. The van der Waals surface area contributed by atoms with E-state index in [1.165, 1.54) is 38.1 Å². The van der Waals surface area contributed by atoms with E-state index >= 15 is 0 Å². The number of Topliss-reactive ketones (excluding diaryl/α,β-unsaturated/α-hetero) is 1. The monoisotopic (exact) mass is 512 g/mol. The molecular formula is C23H32N2O9S. The number of amides is 2. The zero-order chi connectivity index (χ0) is 26.7. The minimum Gasteiger partial charge on any atom is -0.493 e. The van der Waals surface area contributed by atoms with Gasteiger partial charge in [-0.1, -0.05) is 20.8 Å². The number of carbonyl (C=O) groups excluding carboxylic acids is 3. The van der Waals surface area contributed by atoms with Crippen LogP contribution in [0.5, 0.6) is 11.5 Å². The number of carbonyl (C=O) groups is 5. The number of rotatable bonds is 15. The van der Waals surface area contributed by atoms with Crippen molar-refractivity contribution in [2.75, 3.05) is 25.7 Å². The number of hydrogen-bond acceptors (Lipinski definition) is 8. The van der Waals surface area contributed by atoms with Crippen LogP contribution in [0.25, 0.3) is 0 Å². The Morgan fingerprint density at radius 1 is 1.00 bits per heavy atom. The van der Waals surface area contributed by atoms with Crippen molar-refractivity contribution in [3.8, 4) is 11.5 Å². The average molecular weight is 513 g/mol. The molecule has 0 spiro atoms. The number of benzene rings is 1. The molecule has 12 heteroatoms. The fourth-order valence-corrected chi connectivity index (χ4v) is 3.79. The zero-order valence-corrected chi connectivity index (χ0v) is 21.2. The van der Waals surface area contributed by atoms with Gasteiger partial charge in [0.05, 0.1) is 44.4 Å². The second-order valence-electron chi connectivity index (χ2n) is 7.90. The van der Waals surface area contributed by atoms with Gasteiger partial charge in [0.2, 0.25) is 11.8 Å². The molecule has 2 atom stereocenters. The van der Waals surface area contributed by atoms with Crippen LogP contribution in [0.15, 0.2) is 12.1 Å². The maximum Gasteiger partial charge on any atom is 0.336 e. The Balaban J connectivity index is 3.07. The van der Waals surface area contributed by atoms with Gasteiger partial charge in [-0.05, 0) is 29.4 Å². The van der Waals surface area contributed by atoms with Gasteiger partial charge in [-0.15, -0.1) is 0 Å². The summed E-state index contributed by atoms with van der Waals surface area (Å²) in [7, 11) is 2.72. The van der Waals surface area contributed by atoms with Crippen molar-refractivity contribution in [1.82, 2.24) is 10.6 Å². The van der Waals surface area contributed by atoms with Gasteiger partial charge in [-0.2, -0.15) is 11.8 Å². The van der Waals surface area contributed by atoms with Crippen molar-refractivity contribution in [1.29, 1.82) is 0 Å². The molecule has 0 aliphatic carbocycles. The molecule has 0 radical (unpaired) electrons. The molecule has 0 saturated carbocycles. The summed E-state index contributed by atoms with van der Waals surface area (Å²) in [6, 6.07) is 0.298. The molecule has 194 valence electrons. The largest absolute Gasteiger partial charge is 0.493 e. The molecule has 0 saturated heterocycles. The third kappa shape index (κ3) is 9.12. The van der Waals surface area contributed by atoms with E-state index in [9.17, 15) is 29.1 Å². The normalized spacial score (nSPS) is 12.4. The number of aliphatic carboxylic acids is 1. The van der Waals surface area contributed by atoms with Crippen molar-refractivity contribution < 1.29 is 43.7 Å². The zero-order valence-electron chi connectivity index (χ0n) is 20.4. The van der Waals surface area contributed by atoms with Gasteiger partial charge in [0.1, 0.15) is 6.04 Å². The summed E-state index contributed by atoms with van der Waals surface area (Å²) in [5.74, 6) is -3.59. The summed E-state index contributed by atoms with van der Waals surface area (Å²) >= 11 is 1.30. The minimum atomic E-state index is -1.27. The molecule has 35 heavy (non-hydrogen) atoms. The SMILES string of the molecule is CCSCC(=O)C(CC(=O)O)NC(=O)[C@@H](NC(=O)Cc1cc(OC)c(OC)cc1C(=O)O)C(C)C. The lowest BCUT2D eigenvalue weighted by atomic mass is 10.00. The van der Waals surface area contributed by atoms with Crippen LogP contribution in [-0.2, 0) is 25.6 Å². The lowest BCUT2D eigenvalue weighted by molar-refractivity contribution is -0.140. The van der Waals surface area contributed by atoms with Gasteiger partial charge in [0.15, 0.2) is 17.3 Å². The Labute approximate surface area is 207 Å². The number of ether oxygens (including phenoxy) is 2. The molecule has 11 nitrogen and oxygen atoms in total. The second kappa shape index (κ2) is 14.2. The molecule has 1 aromatic carbocycles. The van der Waals surface area contributed by atoms with E-state index in [1.807, 2.05) is 6.92 Å². The quantitative estimate of drug-likeness (QED) is 0.269. The molecule has 0 aliphatic heterocycles. The highest BCUT2D eigenvalue weighted by Gasteiger charge is 2.30. The lowest BCUT2D eigenvalue weighted by Crippen LogP contribution is -2.54. The predicted molar refractivity (Wildman–Crippen MR) is 129 cm³/mol. The number of ketones is 1. The van der Waals surface area contributed by atoms with E-state index < -0.39 is 54.0 Å². The topological polar surface area (TPSA) is 168 Å². The number of carboxylic acid groups (broad SMARTS) is 2. The standard InChI is InChI=1S/C23H32N2O9S/c1-6-35-11-16(26)15(10-20(28)29)24-22(30)21(12(2)3)25-19(27)8-13-7-17(33-4)18(34-5)9-14(13)23(31)32/h7,9,12,15,21H,6,8,10-11H2,1-5H3,(H,24,30)(H,25,27)(H,28,29)(H,31,32)/t15?,21-/m0/s1. The Bertz CT molecular complexity index is 949. The maximum absolute atomic E-state index is 12.9. The summed E-state index contributed by atoms with van der Waals surface area (Å²) in [4.78, 5) is 60.9. The molecule has 1 unspecified atom stereocenters. The van der Waals surface area contributed by atoms with Gasteiger partial charge >= 0.3 is 11.9 Å². The molecule has 0 aliphatic rings. The number of hydrogen-bond donors (Lipinski definition) is 4. The van der Waals surface area contributed by atoms with Crippen molar-refractivity contribution in [3.63, 3.8) is 0 Å². The lowest BCUT2D eigenvalue weighted by Gasteiger charge is -2.25. The van der Waals surface area contributed by atoms with Crippen LogP contribution in [0.1, 0.15) is 43.1 Å². The smallest absolute Gasteiger partial charge is 0.336 e. The van der Waals surface area contributed by atoms with Gasteiger partial charge in [-0.3, -0.25) is 19.2 Å². The number of thioether (sulfide) groups is 1. The first-order valence-corrected chi connectivity index (χ1v) is 12.0. The van der Waals surface area contributed by atoms with E-state index in [1.54, 1.807) is 13.8 Å². The Morgan fingerprint density at radius 2 is 1.60 bits per heavy atom. The summed E-state index contributed by atoms with van der Waals surface area (Å²) in [5, 5.41) is 23.7. The molecule has 0 bridgehead atoms. The van der Waals surface area contributed by atoms with Crippen molar-refractivity contribution in [3.05, 3.63) is 23.3 Å². The molecule has 0 fully saturated rings. The van der Waals surface area contributed by atoms with Gasteiger partial charge in [-0.25, -0.2) is 4.79 Å². The highest BCUT2D eigenvalue weighted by atomic mass is 32.2. The first-order valence-electron chi connectivity index (χ1n) is 10.8. The molecule has 0 aromatic heterocycles. The van der Waals surface area contributed by atoms with E-state index in [0.29, 0.717) is 5.75 Å². The van der Waals surface area contributed by atoms with Crippen molar-refractivity contribution in [2.45, 2.75) is 45.7 Å². The van der Waals surface area contributed by atoms with Crippen LogP contribution >= 0.6 is 11.8 Å². The highest BCUT2D eigenvalue weighted by molar-refractivity contribution is 7.99. The summed E-state index contributed by atoms with van der Waals surface area (Å²) in [6.45, 7) is 5.19. The first-order chi connectivity index (χ1) is 16.4. The highest BCUT2D eigenvalue weighted by Crippen LogP contribution is 2.31. The predicted octanol–water partition coefficient (Wildman–Crippen LogP) is 1.37. The van der Waals surface area contributed by atoms with Gasteiger partial charge in [0.25, 0.3) is 0 Å². The summed E-state index contributed by atoms with van der Waals surface area (Å²) in [5.41, 5.74) is -0.0185. The number of aromatic carboxylic acids is 1. The maximum atomic E-state index is 12.9. The van der Waals surface area contributed by atoms with Gasteiger partial charge in [0, 0.05) is 0 Å². The first kappa shape index (κ1) is 29.8. The minimum absolute atomic E-state index is 0.0463. The van der Waals surface area contributed by atoms with E-state index in [-0.39, 0.29) is 34.8 Å². The Hall–Kier alpha value is -3.28. The van der Waals surface area contributed by atoms with Crippen molar-refractivity contribution in [2.24, 2.45) is 5.92 Å². The van der Waals surface area contributed by atoms with Crippen LogP contribution in [-0.4, -0.2) is 77.6 Å². The van der Waals surface area contributed by atoms with Crippen LogP contribution in [0.2, 0.25) is 0 Å². The van der Waals surface area contributed by atoms with Crippen molar-refractivity contribution >= 4 is 41.3 Å². The van der Waals surface area contributed by atoms with Gasteiger partial charge < -0.3 is 30.3 Å². The number of nitrogens with one attached hydrogen (secondary N) is 2. The molecule has 1 rings (SSSR count). The average Bonchev–Trinajstić information content (AvgIpc) is 2.79. The third-order valence-corrected chi connectivity index (χ3v) is 5.89. The molecule has 2 amide bonds. The van der Waals surface area contributed by atoms with E-state index in [4.69, 9.17) is 14.6 Å². The fraction of sp³-hybridized carbons (Fsp3) is 0.522. The Kier molecular flexibility index (Phi) is 12.1. The number of methoxy groups -OCH3 is 2. The fourth-order valence-electron chi connectivity index (χ4n) is 3.18. The molecular weight excluding hydrogens is 480 g/mol. The molecule has 1 aromatic rings. The van der Waals surface area contributed by atoms with E-state index in [0.717, 1.165) is 0 Å². The summed E-state index contributed by atoms with van der Waals surface area (Å²) < 4.78 is 10.3.